The van der Waals surface area contributed by atoms with Crippen LogP contribution in [-0.2, 0) is 20.7 Å². The summed E-state index contributed by atoms with van der Waals surface area (Å²) in [5, 5.41) is 4.97. The molecule has 0 spiro atoms. The molecule has 3 amide bonds. The second-order valence-corrected chi connectivity index (χ2v) is 10.5. The van der Waals surface area contributed by atoms with Gasteiger partial charge in [0.05, 0.1) is 11.7 Å². The zero-order valence-corrected chi connectivity index (χ0v) is 21.6. The van der Waals surface area contributed by atoms with Crippen LogP contribution in [0.25, 0.3) is 11.0 Å². The standard InChI is InChI=1S/C29H32FN3O5/c1-18(2)24(28(35)33-22(17-37-29(33)36)14-19-6-4-3-5-7-19)16-26(34)32-12-10-20(11-13-32)27-23-9-8-21(30)15-25(23)38-31-27/h3-9,15,18,20,22,24H,10-14,16-17H2,1-2H3/t22-,24+/m1/s1. The number of carbonyl (C=O) groups excluding carboxylic acids is 3. The fourth-order valence-corrected chi connectivity index (χ4v) is 5.50. The molecule has 1 aromatic heterocycles. The minimum absolute atomic E-state index is 0.0369. The van der Waals surface area contributed by atoms with E-state index in [0.29, 0.717) is 37.9 Å². The maximum absolute atomic E-state index is 13.6. The van der Waals surface area contributed by atoms with E-state index in [9.17, 15) is 18.8 Å². The van der Waals surface area contributed by atoms with E-state index in [2.05, 4.69) is 5.16 Å². The molecule has 2 fully saturated rings. The van der Waals surface area contributed by atoms with Crippen LogP contribution in [0, 0.1) is 17.7 Å². The number of aromatic nitrogens is 1. The van der Waals surface area contributed by atoms with E-state index >= 15 is 0 Å². The Hall–Kier alpha value is -3.75. The largest absolute Gasteiger partial charge is 0.447 e. The van der Waals surface area contributed by atoms with Crippen LogP contribution >= 0.6 is 0 Å². The van der Waals surface area contributed by atoms with E-state index in [1.807, 2.05) is 44.2 Å². The maximum atomic E-state index is 13.6. The van der Waals surface area contributed by atoms with E-state index in [4.69, 9.17) is 9.26 Å². The summed E-state index contributed by atoms with van der Waals surface area (Å²) in [6.07, 6.45) is 1.29. The van der Waals surface area contributed by atoms with Crippen molar-refractivity contribution in [2.45, 2.75) is 51.5 Å². The molecule has 0 N–H and O–H groups in total. The maximum Gasteiger partial charge on any atom is 0.416 e. The lowest BCUT2D eigenvalue weighted by Crippen LogP contribution is -2.47. The first-order chi connectivity index (χ1) is 18.3. The predicted octanol–water partition coefficient (Wildman–Crippen LogP) is 4.93. The molecule has 2 aromatic carbocycles. The Morgan fingerprint density at radius 3 is 2.55 bits per heavy atom. The van der Waals surface area contributed by atoms with Gasteiger partial charge in [-0.2, -0.15) is 0 Å². The van der Waals surface area contributed by atoms with Crippen molar-refractivity contribution < 1.29 is 28.0 Å². The summed E-state index contributed by atoms with van der Waals surface area (Å²) in [5.74, 6) is -1.48. The molecule has 200 valence electrons. The normalized spacial score (nSPS) is 19.3. The zero-order valence-electron chi connectivity index (χ0n) is 21.6. The van der Waals surface area contributed by atoms with Crippen molar-refractivity contribution in [2.75, 3.05) is 19.7 Å². The summed E-state index contributed by atoms with van der Waals surface area (Å²) < 4.78 is 24.1. The second-order valence-electron chi connectivity index (χ2n) is 10.5. The number of ether oxygens (including phenoxy) is 1. The topological polar surface area (TPSA) is 93.0 Å². The molecular formula is C29H32FN3O5. The lowest BCUT2D eigenvalue weighted by molar-refractivity contribution is -0.142. The summed E-state index contributed by atoms with van der Waals surface area (Å²) in [6, 6.07) is 13.7. The number of nitrogens with zero attached hydrogens (tertiary/aromatic N) is 3. The molecule has 2 aliphatic rings. The molecular weight excluding hydrogens is 489 g/mol. The molecule has 2 saturated heterocycles. The predicted molar refractivity (Wildman–Crippen MR) is 138 cm³/mol. The molecule has 0 aliphatic carbocycles. The van der Waals surface area contributed by atoms with Crippen molar-refractivity contribution in [3.63, 3.8) is 0 Å². The van der Waals surface area contributed by atoms with Crippen LogP contribution in [0.2, 0.25) is 0 Å². The smallest absolute Gasteiger partial charge is 0.416 e. The van der Waals surface area contributed by atoms with Crippen LogP contribution in [0.4, 0.5) is 9.18 Å². The number of halogens is 1. The number of carbonyl (C=O) groups is 3. The van der Waals surface area contributed by atoms with Gasteiger partial charge in [-0.1, -0.05) is 49.3 Å². The van der Waals surface area contributed by atoms with Crippen molar-refractivity contribution in [1.82, 2.24) is 15.0 Å². The molecule has 3 heterocycles. The molecule has 9 heteroatoms. The van der Waals surface area contributed by atoms with Crippen molar-refractivity contribution in [3.05, 3.63) is 65.6 Å². The van der Waals surface area contributed by atoms with Gasteiger partial charge in [0.15, 0.2) is 5.58 Å². The van der Waals surface area contributed by atoms with Gasteiger partial charge in [0.1, 0.15) is 12.4 Å². The fraction of sp³-hybridized carbons (Fsp3) is 0.448. The van der Waals surface area contributed by atoms with Crippen LogP contribution in [-0.4, -0.2) is 58.6 Å². The number of amides is 3. The molecule has 0 bridgehead atoms. The molecule has 8 nitrogen and oxygen atoms in total. The summed E-state index contributed by atoms with van der Waals surface area (Å²) >= 11 is 0. The van der Waals surface area contributed by atoms with E-state index in [-0.39, 0.29) is 42.5 Å². The van der Waals surface area contributed by atoms with E-state index < -0.39 is 18.1 Å². The van der Waals surface area contributed by atoms with Gasteiger partial charge < -0.3 is 14.2 Å². The lowest BCUT2D eigenvalue weighted by atomic mass is 9.88. The quantitative estimate of drug-likeness (QED) is 0.438. The Bertz CT molecular complexity index is 1320. The molecule has 38 heavy (non-hydrogen) atoms. The van der Waals surface area contributed by atoms with Crippen molar-refractivity contribution in [3.8, 4) is 0 Å². The number of benzene rings is 2. The van der Waals surface area contributed by atoms with Crippen LogP contribution in [0.5, 0.6) is 0 Å². The van der Waals surface area contributed by atoms with Gasteiger partial charge in [-0.3, -0.25) is 9.59 Å². The Morgan fingerprint density at radius 2 is 1.84 bits per heavy atom. The highest BCUT2D eigenvalue weighted by molar-refractivity contribution is 5.96. The van der Waals surface area contributed by atoms with Gasteiger partial charge in [0.2, 0.25) is 11.8 Å². The number of hydrogen-bond acceptors (Lipinski definition) is 6. The first-order valence-corrected chi connectivity index (χ1v) is 13.2. The average Bonchev–Trinajstić information content (AvgIpc) is 3.50. The molecule has 2 aliphatic heterocycles. The van der Waals surface area contributed by atoms with Crippen LogP contribution in [0.3, 0.4) is 0 Å². The third-order valence-electron chi connectivity index (χ3n) is 7.73. The summed E-state index contributed by atoms with van der Waals surface area (Å²) in [5.41, 5.74) is 2.22. The molecule has 5 rings (SSSR count). The number of fused-ring (bicyclic) bond motifs is 1. The average molecular weight is 522 g/mol. The minimum Gasteiger partial charge on any atom is -0.447 e. The number of hydrogen-bond donors (Lipinski definition) is 0. The van der Waals surface area contributed by atoms with Gasteiger partial charge in [0, 0.05) is 42.8 Å². The second kappa shape index (κ2) is 10.9. The Kier molecular flexibility index (Phi) is 7.44. The highest BCUT2D eigenvalue weighted by Gasteiger charge is 2.42. The number of rotatable bonds is 7. The third-order valence-corrected chi connectivity index (χ3v) is 7.73. The molecule has 3 aromatic rings. The number of likely N-dealkylation sites (tertiary alicyclic amines) is 1. The first kappa shape index (κ1) is 25.9. The van der Waals surface area contributed by atoms with Gasteiger partial charge in [-0.05, 0) is 42.9 Å². The molecule has 0 unspecified atom stereocenters. The van der Waals surface area contributed by atoms with Crippen molar-refractivity contribution >= 4 is 28.9 Å². The van der Waals surface area contributed by atoms with Gasteiger partial charge in [0.25, 0.3) is 0 Å². The first-order valence-electron chi connectivity index (χ1n) is 13.2. The highest BCUT2D eigenvalue weighted by Crippen LogP contribution is 2.33. The molecule has 2 atom stereocenters. The summed E-state index contributed by atoms with van der Waals surface area (Å²) in [7, 11) is 0. The Labute approximate surface area is 220 Å². The fourth-order valence-electron chi connectivity index (χ4n) is 5.50. The third kappa shape index (κ3) is 5.28. The SMILES string of the molecule is CC(C)[C@H](CC(=O)N1CCC(c2noc3cc(F)ccc23)CC1)C(=O)N1C(=O)OC[C@H]1Cc1ccccc1. The lowest BCUT2D eigenvalue weighted by Gasteiger charge is -2.33. The molecule has 0 radical (unpaired) electrons. The van der Waals surface area contributed by atoms with Gasteiger partial charge in [-0.25, -0.2) is 14.1 Å². The Balaban J connectivity index is 1.22. The summed E-state index contributed by atoms with van der Waals surface area (Å²) in [4.78, 5) is 42.4. The van der Waals surface area contributed by atoms with Gasteiger partial charge in [-0.15, -0.1) is 0 Å². The number of imide groups is 1. The molecule has 0 saturated carbocycles. The van der Waals surface area contributed by atoms with Gasteiger partial charge >= 0.3 is 6.09 Å². The van der Waals surface area contributed by atoms with E-state index in [1.54, 1.807) is 11.0 Å². The Morgan fingerprint density at radius 1 is 1.11 bits per heavy atom. The van der Waals surface area contributed by atoms with Crippen LogP contribution in [0.1, 0.15) is 50.3 Å². The highest BCUT2D eigenvalue weighted by atomic mass is 19.1. The number of cyclic esters (lactones) is 1. The monoisotopic (exact) mass is 521 g/mol. The van der Waals surface area contributed by atoms with Crippen molar-refractivity contribution in [2.24, 2.45) is 11.8 Å². The van der Waals surface area contributed by atoms with Crippen molar-refractivity contribution in [1.29, 1.82) is 0 Å². The summed E-state index contributed by atoms with van der Waals surface area (Å²) in [6.45, 7) is 5.00. The zero-order chi connectivity index (χ0) is 26.8. The minimum atomic E-state index is -0.644. The van der Waals surface area contributed by atoms with E-state index in [0.717, 1.165) is 16.6 Å². The number of piperidine rings is 1. The van der Waals surface area contributed by atoms with Crippen LogP contribution < -0.4 is 0 Å². The van der Waals surface area contributed by atoms with Crippen LogP contribution in [0.15, 0.2) is 53.1 Å². The van der Waals surface area contributed by atoms with E-state index in [1.165, 1.54) is 17.0 Å².